The first-order chi connectivity index (χ1) is 8.58. The molecule has 0 atom stereocenters. The van der Waals surface area contributed by atoms with Crippen LogP contribution in [0.15, 0.2) is 48.5 Å². The zero-order valence-corrected chi connectivity index (χ0v) is 11.6. The summed E-state index contributed by atoms with van der Waals surface area (Å²) >= 11 is 0. The normalized spacial score (nSPS) is 10.7. The Balaban J connectivity index is 2.46. The molecule has 1 heteroatoms. The van der Waals surface area contributed by atoms with Gasteiger partial charge in [0.25, 0.3) is 0 Å². The van der Waals surface area contributed by atoms with Crippen LogP contribution in [0.25, 0.3) is 0 Å². The summed E-state index contributed by atoms with van der Waals surface area (Å²) in [6.07, 6.45) is 0. The maximum atomic E-state index is 2.38. The molecule has 0 aliphatic carbocycles. The van der Waals surface area contributed by atoms with Crippen molar-refractivity contribution >= 4 is 11.4 Å². The molecule has 0 spiro atoms. The van der Waals surface area contributed by atoms with E-state index in [4.69, 9.17) is 0 Å². The highest BCUT2D eigenvalue weighted by molar-refractivity contribution is 5.65. The summed E-state index contributed by atoms with van der Waals surface area (Å²) in [4.78, 5) is 2.38. The number of anilines is 2. The smallest absolute Gasteiger partial charge is 0.0415 e. The fraction of sp³-hybridized carbons (Fsp3) is 0.294. The molecule has 0 aromatic heterocycles. The fourth-order valence-corrected chi connectivity index (χ4v) is 2.30. The number of benzene rings is 2. The molecular weight excluding hydrogens is 218 g/mol. The highest BCUT2D eigenvalue weighted by Gasteiger charge is 2.12. The van der Waals surface area contributed by atoms with Gasteiger partial charge in [0.15, 0.2) is 0 Å². The van der Waals surface area contributed by atoms with E-state index in [-0.39, 0.29) is 0 Å². The SMILES string of the molecule is Cc1cccc(N(c2cccc(C)c2)C(C)C)c1. The van der Waals surface area contributed by atoms with Crippen molar-refractivity contribution < 1.29 is 0 Å². The van der Waals surface area contributed by atoms with Crippen molar-refractivity contribution in [2.75, 3.05) is 4.90 Å². The second kappa shape index (κ2) is 5.26. The molecule has 1 nitrogen and oxygen atoms in total. The highest BCUT2D eigenvalue weighted by atomic mass is 15.2. The predicted octanol–water partition coefficient (Wildman–Crippen LogP) is 4.85. The van der Waals surface area contributed by atoms with Gasteiger partial charge in [0.05, 0.1) is 0 Å². The van der Waals surface area contributed by atoms with Gasteiger partial charge in [0.2, 0.25) is 0 Å². The molecule has 18 heavy (non-hydrogen) atoms. The van der Waals surface area contributed by atoms with Crippen LogP contribution in [0.2, 0.25) is 0 Å². The Labute approximate surface area is 110 Å². The van der Waals surface area contributed by atoms with Crippen LogP contribution in [0.3, 0.4) is 0 Å². The van der Waals surface area contributed by atoms with Gasteiger partial charge in [-0.15, -0.1) is 0 Å². The minimum atomic E-state index is 0.439. The first-order valence-corrected chi connectivity index (χ1v) is 6.50. The molecule has 0 saturated heterocycles. The molecule has 2 aromatic carbocycles. The number of aryl methyl sites for hydroxylation is 2. The van der Waals surface area contributed by atoms with Gasteiger partial charge < -0.3 is 4.90 Å². The van der Waals surface area contributed by atoms with E-state index in [9.17, 15) is 0 Å². The van der Waals surface area contributed by atoms with E-state index in [1.807, 2.05) is 0 Å². The van der Waals surface area contributed by atoms with E-state index < -0.39 is 0 Å². The molecular formula is C17H21N. The van der Waals surface area contributed by atoms with Crippen molar-refractivity contribution in [3.63, 3.8) is 0 Å². The maximum Gasteiger partial charge on any atom is 0.0415 e. The molecule has 94 valence electrons. The van der Waals surface area contributed by atoms with E-state index in [1.165, 1.54) is 22.5 Å². The fourth-order valence-electron chi connectivity index (χ4n) is 2.30. The summed E-state index contributed by atoms with van der Waals surface area (Å²) in [6.45, 7) is 8.73. The van der Waals surface area contributed by atoms with Gasteiger partial charge in [-0.05, 0) is 63.1 Å². The lowest BCUT2D eigenvalue weighted by atomic mass is 10.1. The van der Waals surface area contributed by atoms with Crippen molar-refractivity contribution in [3.8, 4) is 0 Å². The molecule has 0 bridgehead atoms. The molecule has 0 fully saturated rings. The van der Waals surface area contributed by atoms with Gasteiger partial charge in [-0.1, -0.05) is 24.3 Å². The Bertz CT molecular complexity index is 483. The molecule has 0 heterocycles. The lowest BCUT2D eigenvalue weighted by Gasteiger charge is -2.29. The first kappa shape index (κ1) is 12.7. The zero-order valence-electron chi connectivity index (χ0n) is 11.6. The van der Waals surface area contributed by atoms with Gasteiger partial charge in [-0.3, -0.25) is 0 Å². The van der Waals surface area contributed by atoms with E-state index in [1.54, 1.807) is 0 Å². The molecule has 0 saturated carbocycles. The van der Waals surface area contributed by atoms with Gasteiger partial charge in [0, 0.05) is 17.4 Å². The van der Waals surface area contributed by atoms with E-state index in [0.717, 1.165) is 0 Å². The van der Waals surface area contributed by atoms with E-state index in [0.29, 0.717) is 6.04 Å². The summed E-state index contributed by atoms with van der Waals surface area (Å²) < 4.78 is 0. The summed E-state index contributed by atoms with van der Waals surface area (Å²) in [5, 5.41) is 0. The Morgan fingerprint density at radius 2 is 1.22 bits per heavy atom. The van der Waals surface area contributed by atoms with Crippen LogP contribution in [-0.2, 0) is 0 Å². The number of rotatable bonds is 3. The largest absolute Gasteiger partial charge is 0.339 e. The minimum absolute atomic E-state index is 0.439. The molecule has 0 aliphatic heterocycles. The van der Waals surface area contributed by atoms with Crippen molar-refractivity contribution in [2.45, 2.75) is 33.7 Å². The lowest BCUT2D eigenvalue weighted by Crippen LogP contribution is -2.25. The van der Waals surface area contributed by atoms with Crippen molar-refractivity contribution in [1.29, 1.82) is 0 Å². The molecule has 0 aliphatic rings. The van der Waals surface area contributed by atoms with Crippen LogP contribution in [-0.4, -0.2) is 6.04 Å². The monoisotopic (exact) mass is 239 g/mol. The average Bonchev–Trinajstić information content (AvgIpc) is 2.28. The van der Waals surface area contributed by atoms with Crippen molar-refractivity contribution in [1.82, 2.24) is 0 Å². The van der Waals surface area contributed by atoms with Gasteiger partial charge >= 0.3 is 0 Å². The Hall–Kier alpha value is -1.76. The van der Waals surface area contributed by atoms with Crippen LogP contribution in [0.5, 0.6) is 0 Å². The summed E-state index contributed by atoms with van der Waals surface area (Å²) in [7, 11) is 0. The predicted molar refractivity (Wildman–Crippen MR) is 79.6 cm³/mol. The summed E-state index contributed by atoms with van der Waals surface area (Å²) in [5.41, 5.74) is 5.11. The topological polar surface area (TPSA) is 3.24 Å². The van der Waals surface area contributed by atoms with Crippen LogP contribution in [0.1, 0.15) is 25.0 Å². The third-order valence-corrected chi connectivity index (χ3v) is 3.08. The highest BCUT2D eigenvalue weighted by Crippen LogP contribution is 2.28. The minimum Gasteiger partial charge on any atom is -0.339 e. The summed E-state index contributed by atoms with van der Waals surface area (Å²) in [6, 6.07) is 17.8. The Morgan fingerprint density at radius 3 is 1.56 bits per heavy atom. The zero-order chi connectivity index (χ0) is 13.1. The molecule has 0 unspecified atom stereocenters. The van der Waals surface area contributed by atoms with Gasteiger partial charge in [-0.2, -0.15) is 0 Å². The first-order valence-electron chi connectivity index (χ1n) is 6.50. The van der Waals surface area contributed by atoms with Crippen LogP contribution >= 0.6 is 0 Å². The Morgan fingerprint density at radius 1 is 0.778 bits per heavy atom. The summed E-state index contributed by atoms with van der Waals surface area (Å²) in [5.74, 6) is 0. The standard InChI is InChI=1S/C17H21N/c1-13(2)18(16-9-5-7-14(3)11-16)17-10-6-8-15(4)12-17/h5-13H,1-4H3. The molecule has 0 N–H and O–H groups in total. The van der Waals surface area contributed by atoms with E-state index >= 15 is 0 Å². The van der Waals surface area contributed by atoms with Crippen LogP contribution in [0.4, 0.5) is 11.4 Å². The van der Waals surface area contributed by atoms with Crippen LogP contribution < -0.4 is 4.90 Å². The van der Waals surface area contributed by atoms with Crippen LogP contribution in [0, 0.1) is 13.8 Å². The second-order valence-electron chi connectivity index (χ2n) is 5.14. The van der Waals surface area contributed by atoms with Gasteiger partial charge in [0.1, 0.15) is 0 Å². The maximum absolute atomic E-state index is 2.38. The molecule has 2 aromatic rings. The van der Waals surface area contributed by atoms with Crippen molar-refractivity contribution in [2.24, 2.45) is 0 Å². The lowest BCUT2D eigenvalue weighted by molar-refractivity contribution is 0.788. The molecule has 2 rings (SSSR count). The third-order valence-electron chi connectivity index (χ3n) is 3.08. The average molecular weight is 239 g/mol. The second-order valence-corrected chi connectivity index (χ2v) is 5.14. The number of nitrogens with zero attached hydrogens (tertiary/aromatic N) is 1. The molecule has 0 radical (unpaired) electrons. The van der Waals surface area contributed by atoms with Crippen molar-refractivity contribution in [3.05, 3.63) is 59.7 Å². The number of hydrogen-bond donors (Lipinski definition) is 0. The Kier molecular flexibility index (Phi) is 3.71. The van der Waals surface area contributed by atoms with Gasteiger partial charge in [-0.25, -0.2) is 0 Å². The third kappa shape index (κ3) is 2.73. The van der Waals surface area contributed by atoms with E-state index in [2.05, 4.69) is 81.1 Å². The molecule has 0 amide bonds. The number of hydrogen-bond acceptors (Lipinski definition) is 1. The quantitative estimate of drug-likeness (QED) is 0.740.